The van der Waals surface area contributed by atoms with Gasteiger partial charge in [-0.25, -0.2) is 18.7 Å². The molecule has 3 atom stereocenters. The van der Waals surface area contributed by atoms with Crippen molar-refractivity contribution in [1.29, 1.82) is 0 Å². The van der Waals surface area contributed by atoms with Crippen molar-refractivity contribution in [3.8, 4) is 23.1 Å². The highest BCUT2D eigenvalue weighted by molar-refractivity contribution is 6.17. The summed E-state index contributed by atoms with van der Waals surface area (Å²) in [5, 5.41) is 0.460. The van der Waals surface area contributed by atoms with Crippen LogP contribution in [0.4, 0.5) is 20.2 Å². The standard InChI is InChI=1S/C35H37F2N5O6/c1-21-22(2)35(21,33(38)43)34(44)42(24-7-5-23(36)6-8-24)25-9-10-29(27(37)17-25)48-32-26-18-30(45-3)31(19-28(26)39-20-40-32)47-14-4-11-41-12-15-46-16-13-41/h5-10,17-22H,4,11-16H2,1-3H3,(H2,38,43)/t21-,22+,35?. The van der Waals surface area contributed by atoms with E-state index in [2.05, 4.69) is 14.9 Å². The third-order valence-electron chi connectivity index (χ3n) is 9.37. The number of hydrogen-bond acceptors (Lipinski definition) is 9. The Morgan fingerprint density at radius 2 is 1.69 bits per heavy atom. The lowest BCUT2D eigenvalue weighted by molar-refractivity contribution is -0.134. The van der Waals surface area contributed by atoms with Crippen LogP contribution in [0.2, 0.25) is 0 Å². The van der Waals surface area contributed by atoms with Crippen LogP contribution in [0.1, 0.15) is 20.3 Å². The minimum atomic E-state index is -1.48. The van der Waals surface area contributed by atoms with Gasteiger partial charge in [0.15, 0.2) is 23.1 Å². The van der Waals surface area contributed by atoms with E-state index in [0.29, 0.717) is 29.0 Å². The summed E-state index contributed by atoms with van der Waals surface area (Å²) in [4.78, 5) is 38.7. The Kier molecular flexibility index (Phi) is 9.42. The van der Waals surface area contributed by atoms with Crippen molar-refractivity contribution in [2.75, 3.05) is 51.5 Å². The highest BCUT2D eigenvalue weighted by Crippen LogP contribution is 2.60. The van der Waals surface area contributed by atoms with Crippen LogP contribution in [0.3, 0.4) is 0 Å². The van der Waals surface area contributed by atoms with Crippen LogP contribution in [0.5, 0.6) is 23.1 Å². The molecule has 2 N–H and O–H groups in total. The average molecular weight is 662 g/mol. The lowest BCUT2D eigenvalue weighted by atomic mass is 9.98. The largest absolute Gasteiger partial charge is 0.493 e. The molecule has 13 heteroatoms. The molecule has 2 fully saturated rings. The fraction of sp³-hybridized carbons (Fsp3) is 0.371. The normalized spacial score (nSPS) is 20.7. The number of hydrogen-bond donors (Lipinski definition) is 1. The monoisotopic (exact) mass is 661 g/mol. The van der Waals surface area contributed by atoms with Gasteiger partial charge >= 0.3 is 0 Å². The molecule has 1 aliphatic carbocycles. The number of carbonyl (C=O) groups is 2. The van der Waals surface area contributed by atoms with Crippen molar-refractivity contribution in [3.05, 3.63) is 72.6 Å². The predicted octanol–water partition coefficient (Wildman–Crippen LogP) is 5.23. The molecular formula is C35H37F2N5O6. The van der Waals surface area contributed by atoms with Crippen molar-refractivity contribution in [2.24, 2.45) is 23.0 Å². The number of rotatable bonds is 12. The van der Waals surface area contributed by atoms with Gasteiger partial charge in [-0.05, 0) is 60.7 Å². The van der Waals surface area contributed by atoms with Gasteiger partial charge in [-0.2, -0.15) is 0 Å². The van der Waals surface area contributed by atoms with E-state index in [1.807, 2.05) is 0 Å². The van der Waals surface area contributed by atoms with Gasteiger partial charge in [-0.3, -0.25) is 19.4 Å². The van der Waals surface area contributed by atoms with Crippen LogP contribution in [0.15, 0.2) is 60.9 Å². The van der Waals surface area contributed by atoms with Crippen LogP contribution in [0.25, 0.3) is 10.9 Å². The third kappa shape index (κ3) is 6.22. The number of methoxy groups -OCH3 is 1. The molecule has 2 amide bonds. The minimum Gasteiger partial charge on any atom is -0.493 e. The lowest BCUT2D eigenvalue weighted by Gasteiger charge is -2.27. The van der Waals surface area contributed by atoms with E-state index in [1.165, 1.54) is 54.7 Å². The Labute approximate surface area is 276 Å². The minimum absolute atomic E-state index is 0.0728. The van der Waals surface area contributed by atoms with E-state index in [4.69, 9.17) is 24.7 Å². The number of carbonyl (C=O) groups excluding carboxylic acids is 2. The van der Waals surface area contributed by atoms with Gasteiger partial charge in [0.05, 0.1) is 43.5 Å². The van der Waals surface area contributed by atoms with Crippen LogP contribution < -0.4 is 24.8 Å². The second-order valence-electron chi connectivity index (χ2n) is 12.0. The summed E-state index contributed by atoms with van der Waals surface area (Å²) in [6.45, 7) is 8.17. The number of amides is 2. The second-order valence-corrected chi connectivity index (χ2v) is 12.0. The number of fused-ring (bicyclic) bond motifs is 1. The average Bonchev–Trinajstić information content (AvgIpc) is 3.65. The van der Waals surface area contributed by atoms with Crippen LogP contribution in [-0.4, -0.2) is 73.2 Å². The maximum Gasteiger partial charge on any atom is 0.247 e. The molecule has 1 unspecified atom stereocenters. The molecule has 3 aromatic carbocycles. The van der Waals surface area contributed by atoms with Crippen molar-refractivity contribution >= 4 is 34.1 Å². The number of ether oxygens (including phenoxy) is 4. The molecule has 1 aliphatic heterocycles. The third-order valence-corrected chi connectivity index (χ3v) is 9.37. The van der Waals surface area contributed by atoms with Gasteiger partial charge in [0.1, 0.15) is 17.6 Å². The summed E-state index contributed by atoms with van der Waals surface area (Å²) in [6, 6.07) is 12.4. The summed E-state index contributed by atoms with van der Waals surface area (Å²) < 4.78 is 52.5. The lowest BCUT2D eigenvalue weighted by Crippen LogP contribution is -2.43. The van der Waals surface area contributed by atoms with E-state index < -0.39 is 28.9 Å². The van der Waals surface area contributed by atoms with Crippen molar-refractivity contribution in [3.63, 3.8) is 0 Å². The molecule has 2 aliphatic rings. The smallest absolute Gasteiger partial charge is 0.247 e. The molecule has 252 valence electrons. The zero-order valence-electron chi connectivity index (χ0n) is 26.9. The topological polar surface area (TPSA) is 129 Å². The zero-order chi connectivity index (χ0) is 34.0. The number of aromatic nitrogens is 2. The molecule has 1 saturated carbocycles. The second kappa shape index (κ2) is 13.7. The maximum atomic E-state index is 15.8. The number of benzene rings is 3. The van der Waals surface area contributed by atoms with Crippen molar-refractivity contribution in [2.45, 2.75) is 20.3 Å². The number of morpholine rings is 1. The Morgan fingerprint density at radius 1 is 0.979 bits per heavy atom. The highest BCUT2D eigenvalue weighted by atomic mass is 19.1. The molecule has 2 heterocycles. The van der Waals surface area contributed by atoms with E-state index in [-0.39, 0.29) is 34.8 Å². The quantitative estimate of drug-likeness (QED) is 0.160. The molecule has 0 spiro atoms. The summed E-state index contributed by atoms with van der Waals surface area (Å²) in [6.07, 6.45) is 2.12. The molecule has 6 rings (SSSR count). The summed E-state index contributed by atoms with van der Waals surface area (Å²) in [7, 11) is 1.52. The van der Waals surface area contributed by atoms with E-state index in [0.717, 1.165) is 45.3 Å². The fourth-order valence-electron chi connectivity index (χ4n) is 6.38. The van der Waals surface area contributed by atoms with Gasteiger partial charge in [-0.1, -0.05) is 13.8 Å². The number of nitrogens with two attached hydrogens (primary N) is 1. The summed E-state index contributed by atoms with van der Waals surface area (Å²) in [5.41, 5.74) is 5.10. The molecule has 1 aromatic heterocycles. The molecule has 1 saturated heterocycles. The Balaban J connectivity index is 1.25. The zero-order valence-corrected chi connectivity index (χ0v) is 26.9. The van der Waals surface area contributed by atoms with E-state index in [1.54, 1.807) is 26.0 Å². The number of nitrogens with zero attached hydrogens (tertiary/aromatic N) is 4. The first-order chi connectivity index (χ1) is 23.1. The Hall–Kier alpha value is -4.88. The van der Waals surface area contributed by atoms with Crippen molar-refractivity contribution < 1.29 is 37.3 Å². The first kappa shape index (κ1) is 33.0. The summed E-state index contributed by atoms with van der Waals surface area (Å²) >= 11 is 0. The molecule has 0 radical (unpaired) electrons. The summed E-state index contributed by atoms with van der Waals surface area (Å²) in [5.74, 6) is -2.55. The Bertz CT molecular complexity index is 1810. The van der Waals surface area contributed by atoms with Gasteiger partial charge < -0.3 is 24.7 Å². The fourth-order valence-corrected chi connectivity index (χ4v) is 6.38. The molecule has 4 aromatic rings. The van der Waals surface area contributed by atoms with Crippen molar-refractivity contribution in [1.82, 2.24) is 14.9 Å². The molecule has 0 bridgehead atoms. The first-order valence-electron chi connectivity index (χ1n) is 15.8. The van der Waals surface area contributed by atoms with Gasteiger partial charge in [0.25, 0.3) is 0 Å². The molecule has 11 nitrogen and oxygen atoms in total. The highest BCUT2D eigenvalue weighted by Gasteiger charge is 2.70. The van der Waals surface area contributed by atoms with Crippen LogP contribution in [-0.2, 0) is 14.3 Å². The number of halogens is 2. The number of primary amides is 1. The van der Waals surface area contributed by atoms with Crippen LogP contribution in [0, 0.1) is 28.9 Å². The van der Waals surface area contributed by atoms with Gasteiger partial charge in [0, 0.05) is 37.5 Å². The first-order valence-corrected chi connectivity index (χ1v) is 15.8. The SMILES string of the molecule is COc1cc2c(Oc3ccc(N(C(=O)C4(C(N)=O)[C@H](C)[C@@H]4C)c4ccc(F)cc4)cc3F)ncnc2cc1OCCCN1CCOCC1. The Morgan fingerprint density at radius 3 is 2.33 bits per heavy atom. The number of anilines is 2. The molecular weight excluding hydrogens is 624 g/mol. The van der Waals surface area contributed by atoms with E-state index in [9.17, 15) is 14.0 Å². The van der Waals surface area contributed by atoms with E-state index >= 15 is 4.39 Å². The van der Waals surface area contributed by atoms with Gasteiger partial charge in [0.2, 0.25) is 17.7 Å². The van der Waals surface area contributed by atoms with Crippen LogP contribution >= 0.6 is 0 Å². The molecule has 48 heavy (non-hydrogen) atoms. The predicted molar refractivity (Wildman–Crippen MR) is 173 cm³/mol. The maximum absolute atomic E-state index is 15.8. The van der Waals surface area contributed by atoms with Gasteiger partial charge in [-0.15, -0.1) is 0 Å².